The molecule has 200 valence electrons. The van der Waals surface area contributed by atoms with Crippen LogP contribution in [0.1, 0.15) is 38.8 Å². The summed E-state index contributed by atoms with van der Waals surface area (Å²) in [7, 11) is 0. The number of benzene rings is 2. The Kier molecular flexibility index (Phi) is 8.60. The molecule has 0 spiro atoms. The first-order valence-corrected chi connectivity index (χ1v) is 12.3. The molecule has 0 unspecified atom stereocenters. The average Bonchev–Trinajstić information content (AvgIpc) is 2.89. The van der Waals surface area contributed by atoms with Crippen molar-refractivity contribution in [2.45, 2.75) is 19.6 Å². The molecule has 12 heteroatoms. The van der Waals surface area contributed by atoms with Gasteiger partial charge in [-0.25, -0.2) is 9.97 Å². The van der Waals surface area contributed by atoms with Crippen LogP contribution in [-0.4, -0.2) is 64.3 Å². The zero-order valence-electron chi connectivity index (χ0n) is 20.6. The van der Waals surface area contributed by atoms with Gasteiger partial charge in [-0.05, 0) is 42.4 Å². The predicted molar refractivity (Wildman–Crippen MR) is 138 cm³/mol. The summed E-state index contributed by atoms with van der Waals surface area (Å²) in [5.74, 6) is -1.19. The summed E-state index contributed by atoms with van der Waals surface area (Å²) in [6.07, 6.45) is -0.653. The van der Waals surface area contributed by atoms with E-state index in [9.17, 15) is 22.8 Å². The molecule has 1 aliphatic rings. The van der Waals surface area contributed by atoms with Gasteiger partial charge < -0.3 is 15.5 Å². The van der Waals surface area contributed by atoms with Gasteiger partial charge >= 0.3 is 6.18 Å². The maximum Gasteiger partial charge on any atom is 0.416 e. The number of alkyl halides is 3. The highest BCUT2D eigenvalue weighted by Gasteiger charge is 2.34. The van der Waals surface area contributed by atoms with Crippen molar-refractivity contribution in [3.8, 4) is 0 Å². The SMILES string of the molecule is CCN1CCN(Cc2ccc(NC(=O)c3cc(Cl)cc(NC(=O)c4cncnc4)c3)cc2C(F)(F)F)CC1. The second-order valence-corrected chi connectivity index (χ2v) is 9.28. The van der Waals surface area contributed by atoms with Crippen LogP contribution in [0.5, 0.6) is 0 Å². The third kappa shape index (κ3) is 7.06. The maximum absolute atomic E-state index is 13.9. The summed E-state index contributed by atoms with van der Waals surface area (Å²) in [4.78, 5) is 37.1. The van der Waals surface area contributed by atoms with E-state index in [-0.39, 0.29) is 39.6 Å². The van der Waals surface area contributed by atoms with E-state index in [1.54, 1.807) is 0 Å². The number of halogens is 4. The fourth-order valence-electron chi connectivity index (χ4n) is 4.18. The molecular formula is C26H26ClF3N6O2. The molecule has 1 fully saturated rings. The van der Waals surface area contributed by atoms with E-state index in [1.165, 1.54) is 49.1 Å². The van der Waals surface area contributed by atoms with E-state index in [1.807, 2.05) is 4.90 Å². The summed E-state index contributed by atoms with van der Waals surface area (Å²) in [5, 5.41) is 5.26. The van der Waals surface area contributed by atoms with Crippen molar-refractivity contribution in [1.29, 1.82) is 0 Å². The Bertz CT molecular complexity index is 1300. The van der Waals surface area contributed by atoms with Crippen LogP contribution in [0.3, 0.4) is 0 Å². The van der Waals surface area contributed by atoms with Gasteiger partial charge in [-0.3, -0.25) is 14.5 Å². The van der Waals surface area contributed by atoms with Crippen molar-refractivity contribution in [2.75, 3.05) is 43.4 Å². The molecule has 3 aromatic rings. The van der Waals surface area contributed by atoms with Crippen molar-refractivity contribution in [3.63, 3.8) is 0 Å². The molecule has 8 nitrogen and oxygen atoms in total. The predicted octanol–water partition coefficient (Wildman–Crippen LogP) is 4.79. The van der Waals surface area contributed by atoms with Crippen LogP contribution in [0.25, 0.3) is 0 Å². The van der Waals surface area contributed by atoms with Crippen molar-refractivity contribution >= 4 is 34.8 Å². The van der Waals surface area contributed by atoms with E-state index >= 15 is 0 Å². The van der Waals surface area contributed by atoms with Crippen molar-refractivity contribution in [3.05, 3.63) is 82.4 Å². The molecule has 2 heterocycles. The number of amides is 2. The van der Waals surface area contributed by atoms with E-state index in [2.05, 4.69) is 32.4 Å². The highest BCUT2D eigenvalue weighted by molar-refractivity contribution is 6.31. The van der Waals surface area contributed by atoms with Crippen LogP contribution in [0.4, 0.5) is 24.5 Å². The number of carbonyl (C=O) groups excluding carboxylic acids is 2. The fourth-order valence-corrected chi connectivity index (χ4v) is 4.41. The number of hydrogen-bond acceptors (Lipinski definition) is 6. The smallest absolute Gasteiger partial charge is 0.322 e. The lowest BCUT2D eigenvalue weighted by Crippen LogP contribution is -2.45. The first-order valence-electron chi connectivity index (χ1n) is 12.0. The molecule has 0 radical (unpaired) electrons. The summed E-state index contributed by atoms with van der Waals surface area (Å²) < 4.78 is 41.8. The summed E-state index contributed by atoms with van der Waals surface area (Å²) in [6.45, 7) is 6.15. The number of piperazine rings is 1. The van der Waals surface area contributed by atoms with E-state index in [0.717, 1.165) is 25.7 Å². The summed E-state index contributed by atoms with van der Waals surface area (Å²) in [6, 6.07) is 7.96. The third-order valence-corrected chi connectivity index (χ3v) is 6.44. The molecule has 1 aromatic heterocycles. The topological polar surface area (TPSA) is 90.5 Å². The van der Waals surface area contributed by atoms with Gasteiger partial charge in [0.05, 0.1) is 11.1 Å². The number of hydrogen-bond donors (Lipinski definition) is 2. The molecule has 0 saturated carbocycles. The quantitative estimate of drug-likeness (QED) is 0.443. The maximum atomic E-state index is 13.9. The number of rotatable bonds is 7. The zero-order chi connectivity index (χ0) is 27.3. The molecule has 0 atom stereocenters. The highest BCUT2D eigenvalue weighted by atomic mass is 35.5. The van der Waals surface area contributed by atoms with Gasteiger partial charge in [-0.2, -0.15) is 13.2 Å². The first kappa shape index (κ1) is 27.5. The summed E-state index contributed by atoms with van der Waals surface area (Å²) in [5.41, 5.74) is -0.163. The van der Waals surface area contributed by atoms with Crippen LogP contribution < -0.4 is 10.6 Å². The number of carbonyl (C=O) groups is 2. The number of aromatic nitrogens is 2. The monoisotopic (exact) mass is 546 g/mol. The lowest BCUT2D eigenvalue weighted by Gasteiger charge is -2.34. The lowest BCUT2D eigenvalue weighted by atomic mass is 10.0. The van der Waals surface area contributed by atoms with Gasteiger partial charge in [0.1, 0.15) is 6.33 Å². The number of nitrogens with zero attached hydrogens (tertiary/aromatic N) is 4. The molecular weight excluding hydrogens is 521 g/mol. The number of nitrogens with one attached hydrogen (secondary N) is 2. The standard InChI is InChI=1S/C26H26ClF3N6O2/c1-2-35-5-7-36(8-6-35)15-17-3-4-21(12-23(17)26(28,29)30)33-24(37)18-9-20(27)11-22(10-18)34-25(38)19-13-31-16-32-14-19/h3-4,9-14,16H,2,5-8,15H2,1H3,(H,33,37)(H,34,38). The molecule has 38 heavy (non-hydrogen) atoms. The Hall–Kier alpha value is -3.54. The number of likely N-dealkylation sites (N-methyl/N-ethyl adjacent to an activating group) is 1. The van der Waals surface area contributed by atoms with Gasteiger partial charge in [-0.15, -0.1) is 0 Å². The van der Waals surface area contributed by atoms with E-state index in [0.29, 0.717) is 13.1 Å². The largest absolute Gasteiger partial charge is 0.416 e. The summed E-state index contributed by atoms with van der Waals surface area (Å²) >= 11 is 6.13. The Labute approximate surface area is 222 Å². The van der Waals surface area contributed by atoms with E-state index in [4.69, 9.17) is 11.6 Å². The molecule has 0 aliphatic carbocycles. The minimum Gasteiger partial charge on any atom is -0.322 e. The number of anilines is 2. The van der Waals surface area contributed by atoms with Crippen LogP contribution in [0, 0.1) is 0 Å². The van der Waals surface area contributed by atoms with Crippen LogP contribution in [-0.2, 0) is 12.7 Å². The van der Waals surface area contributed by atoms with Crippen molar-refractivity contribution < 1.29 is 22.8 Å². The van der Waals surface area contributed by atoms with Gasteiger partial charge in [0.25, 0.3) is 11.8 Å². The van der Waals surface area contributed by atoms with Gasteiger partial charge in [0, 0.05) is 67.1 Å². The van der Waals surface area contributed by atoms with Gasteiger partial charge in [0.15, 0.2) is 0 Å². The normalized spacial score (nSPS) is 14.8. The molecule has 2 aromatic carbocycles. The Morgan fingerprint density at radius 3 is 2.18 bits per heavy atom. The Morgan fingerprint density at radius 2 is 1.53 bits per heavy atom. The first-order chi connectivity index (χ1) is 18.1. The highest BCUT2D eigenvalue weighted by Crippen LogP contribution is 2.35. The average molecular weight is 547 g/mol. The van der Waals surface area contributed by atoms with Gasteiger partial charge in [-0.1, -0.05) is 24.6 Å². The zero-order valence-corrected chi connectivity index (χ0v) is 21.3. The van der Waals surface area contributed by atoms with Crippen molar-refractivity contribution in [1.82, 2.24) is 19.8 Å². The Balaban J connectivity index is 1.49. The Morgan fingerprint density at radius 1 is 0.895 bits per heavy atom. The minimum absolute atomic E-state index is 0.00567. The minimum atomic E-state index is -4.59. The van der Waals surface area contributed by atoms with Crippen LogP contribution in [0.2, 0.25) is 5.02 Å². The van der Waals surface area contributed by atoms with Crippen LogP contribution in [0.15, 0.2) is 55.1 Å². The molecule has 1 saturated heterocycles. The molecule has 2 N–H and O–H groups in total. The lowest BCUT2D eigenvalue weighted by molar-refractivity contribution is -0.138. The molecule has 4 rings (SSSR count). The van der Waals surface area contributed by atoms with Gasteiger partial charge in [0.2, 0.25) is 0 Å². The fraction of sp³-hybridized carbons (Fsp3) is 0.308. The van der Waals surface area contributed by atoms with E-state index < -0.39 is 23.6 Å². The second kappa shape index (κ2) is 11.9. The third-order valence-electron chi connectivity index (χ3n) is 6.22. The molecule has 0 bridgehead atoms. The molecule has 2 amide bonds. The van der Waals surface area contributed by atoms with Crippen molar-refractivity contribution in [2.24, 2.45) is 0 Å². The second-order valence-electron chi connectivity index (χ2n) is 8.84. The molecule has 1 aliphatic heterocycles. The van der Waals surface area contributed by atoms with Crippen LogP contribution >= 0.6 is 11.6 Å².